The van der Waals surface area contributed by atoms with E-state index in [4.69, 9.17) is 4.74 Å². The molecule has 1 heterocycles. The van der Waals surface area contributed by atoms with Crippen LogP contribution in [0.5, 0.6) is 0 Å². The van der Waals surface area contributed by atoms with Gasteiger partial charge in [-0.3, -0.25) is 0 Å². The highest BCUT2D eigenvalue weighted by molar-refractivity contribution is 4.74. The predicted molar refractivity (Wildman–Crippen MR) is 83.2 cm³/mol. The highest BCUT2D eigenvalue weighted by Crippen LogP contribution is 2.14. The van der Waals surface area contributed by atoms with Crippen LogP contribution in [-0.4, -0.2) is 37.2 Å². The molecule has 112 valence electrons. The summed E-state index contributed by atoms with van der Waals surface area (Å²) in [6.07, 6.45) is 4.24. The molecule has 0 spiro atoms. The van der Waals surface area contributed by atoms with Gasteiger partial charge in [-0.25, -0.2) is 0 Å². The van der Waals surface area contributed by atoms with Crippen LogP contribution in [0.2, 0.25) is 0 Å². The molecule has 2 nitrogen and oxygen atoms in total. The van der Waals surface area contributed by atoms with Crippen molar-refractivity contribution in [3.63, 3.8) is 0 Å². The van der Waals surface area contributed by atoms with E-state index in [0.29, 0.717) is 6.10 Å². The Hall–Kier alpha value is -0.0800. The predicted octanol–water partition coefficient (Wildman–Crippen LogP) is 4.59. The topological polar surface area (TPSA) is 12.5 Å². The van der Waals surface area contributed by atoms with Crippen LogP contribution in [0.1, 0.15) is 67.7 Å². The normalized spacial score (nSPS) is 20.5. The maximum absolute atomic E-state index is 5.87. The third kappa shape index (κ3) is 9.90. The summed E-state index contributed by atoms with van der Waals surface area (Å²) in [5, 5.41) is 0. The number of likely N-dealkylation sites (tertiary alicyclic amines) is 1. The number of ether oxygens (including phenoxy) is 1. The van der Waals surface area contributed by atoms with Gasteiger partial charge >= 0.3 is 0 Å². The number of nitrogens with zero attached hydrogens (tertiary/aromatic N) is 1. The lowest BCUT2D eigenvalue weighted by atomic mass is 10.1. The third-order valence-electron chi connectivity index (χ3n) is 3.34. The number of hydrogen-bond acceptors (Lipinski definition) is 2. The maximum atomic E-state index is 5.87. The average molecular weight is 259 g/mol. The fourth-order valence-corrected chi connectivity index (χ4v) is 1.86. The smallest absolute Gasteiger partial charge is 0.0714 e. The third-order valence-corrected chi connectivity index (χ3v) is 3.34. The van der Waals surface area contributed by atoms with Gasteiger partial charge in [0.25, 0.3) is 0 Å². The second kappa shape index (κ2) is 15.0. The van der Waals surface area contributed by atoms with Crippen molar-refractivity contribution in [3.05, 3.63) is 0 Å². The Morgan fingerprint density at radius 3 is 2.22 bits per heavy atom. The lowest BCUT2D eigenvalue weighted by Gasteiger charge is -2.15. The largest absolute Gasteiger partial charge is 0.377 e. The van der Waals surface area contributed by atoms with E-state index in [0.717, 1.165) is 19.1 Å². The number of hydrogen-bond donors (Lipinski definition) is 0. The van der Waals surface area contributed by atoms with Crippen LogP contribution in [0.15, 0.2) is 0 Å². The monoisotopic (exact) mass is 259 g/mol. The zero-order valence-corrected chi connectivity index (χ0v) is 14.0. The molecular formula is C16H37NO. The minimum atomic E-state index is 0.513. The van der Waals surface area contributed by atoms with E-state index >= 15 is 0 Å². The Kier molecular flexibility index (Phi) is 16.8. The molecule has 1 rings (SSSR count). The maximum Gasteiger partial charge on any atom is 0.0714 e. The zero-order chi connectivity index (χ0) is 14.4. The van der Waals surface area contributed by atoms with Crippen LogP contribution in [0, 0.1) is 5.92 Å². The molecule has 0 bridgehead atoms. The van der Waals surface area contributed by atoms with Crippen molar-refractivity contribution < 1.29 is 4.74 Å². The zero-order valence-electron chi connectivity index (χ0n) is 14.0. The average Bonchev–Trinajstić information content (AvgIpc) is 2.91. The van der Waals surface area contributed by atoms with Crippen LogP contribution in [0.25, 0.3) is 0 Å². The van der Waals surface area contributed by atoms with Crippen molar-refractivity contribution in [2.24, 2.45) is 5.92 Å². The summed E-state index contributed by atoms with van der Waals surface area (Å²) in [5.74, 6) is 0.818. The van der Waals surface area contributed by atoms with Gasteiger partial charge in [-0.05, 0) is 25.3 Å². The van der Waals surface area contributed by atoms with Crippen LogP contribution < -0.4 is 0 Å². The first-order chi connectivity index (χ1) is 8.76. The molecule has 1 fully saturated rings. The molecular weight excluding hydrogens is 222 g/mol. The van der Waals surface area contributed by atoms with Crippen molar-refractivity contribution in [2.75, 3.05) is 26.2 Å². The number of rotatable bonds is 6. The van der Waals surface area contributed by atoms with Crippen LogP contribution >= 0.6 is 0 Å². The lowest BCUT2D eigenvalue weighted by molar-refractivity contribution is 0.0514. The summed E-state index contributed by atoms with van der Waals surface area (Å²) in [4.78, 5) is 2.47. The minimum absolute atomic E-state index is 0.513. The van der Waals surface area contributed by atoms with E-state index in [1.165, 1.54) is 32.4 Å². The first kappa shape index (κ1) is 20.2. The second-order valence-electron chi connectivity index (χ2n) is 4.48. The molecule has 1 aliphatic heterocycles. The lowest BCUT2D eigenvalue weighted by Crippen LogP contribution is -2.23. The fourth-order valence-electron chi connectivity index (χ4n) is 1.86. The van der Waals surface area contributed by atoms with E-state index in [1.54, 1.807) is 0 Å². The van der Waals surface area contributed by atoms with Crippen molar-refractivity contribution in [2.45, 2.75) is 73.8 Å². The SMILES string of the molecule is CC.CC.CCC(C)CCOC1CCN(CC)C1. The molecule has 1 aliphatic rings. The molecule has 0 aromatic carbocycles. The summed E-state index contributed by atoms with van der Waals surface area (Å²) < 4.78 is 5.87. The molecule has 0 aliphatic carbocycles. The van der Waals surface area contributed by atoms with E-state index < -0.39 is 0 Å². The molecule has 0 N–H and O–H groups in total. The molecule has 1 saturated heterocycles. The molecule has 0 aromatic rings. The van der Waals surface area contributed by atoms with E-state index in [-0.39, 0.29) is 0 Å². The highest BCUT2D eigenvalue weighted by atomic mass is 16.5. The minimum Gasteiger partial charge on any atom is -0.377 e. The molecule has 2 unspecified atom stereocenters. The first-order valence-corrected chi connectivity index (χ1v) is 8.10. The Morgan fingerprint density at radius 2 is 1.78 bits per heavy atom. The molecule has 18 heavy (non-hydrogen) atoms. The van der Waals surface area contributed by atoms with Gasteiger partial charge in [0.2, 0.25) is 0 Å². The Bertz CT molecular complexity index is 150. The van der Waals surface area contributed by atoms with E-state index in [2.05, 4.69) is 25.7 Å². The van der Waals surface area contributed by atoms with Crippen molar-refractivity contribution in [1.29, 1.82) is 0 Å². The summed E-state index contributed by atoms with van der Waals surface area (Å²) in [5.41, 5.74) is 0. The molecule has 0 amide bonds. The van der Waals surface area contributed by atoms with Crippen LogP contribution in [0.3, 0.4) is 0 Å². The van der Waals surface area contributed by atoms with Gasteiger partial charge in [0.05, 0.1) is 6.10 Å². The molecule has 2 atom stereocenters. The Balaban J connectivity index is 0. The molecule has 2 heteroatoms. The number of likely N-dealkylation sites (N-methyl/N-ethyl adjacent to an activating group) is 1. The molecule has 0 aromatic heterocycles. The second-order valence-corrected chi connectivity index (χ2v) is 4.48. The van der Waals surface area contributed by atoms with Gasteiger partial charge in [0.15, 0.2) is 0 Å². The standard InChI is InChI=1S/C12H25NO.2C2H6/c1-4-11(3)7-9-14-12-6-8-13(5-2)10-12;2*1-2/h11-12H,4-10H2,1-3H3;2*1-2H3. The van der Waals surface area contributed by atoms with Crippen LogP contribution in [0.4, 0.5) is 0 Å². The highest BCUT2D eigenvalue weighted by Gasteiger charge is 2.21. The van der Waals surface area contributed by atoms with Gasteiger partial charge in [-0.15, -0.1) is 0 Å². The van der Waals surface area contributed by atoms with E-state index in [1.807, 2.05) is 27.7 Å². The van der Waals surface area contributed by atoms with Gasteiger partial charge in [-0.2, -0.15) is 0 Å². The van der Waals surface area contributed by atoms with Gasteiger partial charge in [0.1, 0.15) is 0 Å². The Labute approximate surface area is 116 Å². The van der Waals surface area contributed by atoms with E-state index in [9.17, 15) is 0 Å². The molecule has 0 saturated carbocycles. The van der Waals surface area contributed by atoms with Gasteiger partial charge < -0.3 is 9.64 Å². The van der Waals surface area contributed by atoms with Crippen molar-refractivity contribution >= 4 is 0 Å². The fraction of sp³-hybridized carbons (Fsp3) is 1.00. The van der Waals surface area contributed by atoms with Crippen molar-refractivity contribution in [3.8, 4) is 0 Å². The first-order valence-electron chi connectivity index (χ1n) is 8.10. The van der Waals surface area contributed by atoms with Gasteiger partial charge in [0, 0.05) is 19.7 Å². The molecule has 0 radical (unpaired) electrons. The quantitative estimate of drug-likeness (QED) is 0.692. The van der Waals surface area contributed by atoms with Crippen molar-refractivity contribution in [1.82, 2.24) is 4.90 Å². The summed E-state index contributed by atoms with van der Waals surface area (Å²) >= 11 is 0. The summed E-state index contributed by atoms with van der Waals surface area (Å²) in [6.45, 7) is 19.3. The Morgan fingerprint density at radius 1 is 1.17 bits per heavy atom. The van der Waals surface area contributed by atoms with Crippen LogP contribution in [-0.2, 0) is 4.74 Å². The van der Waals surface area contributed by atoms with Gasteiger partial charge in [-0.1, -0.05) is 54.9 Å². The summed E-state index contributed by atoms with van der Waals surface area (Å²) in [7, 11) is 0. The summed E-state index contributed by atoms with van der Waals surface area (Å²) in [6, 6.07) is 0.